The van der Waals surface area contributed by atoms with Crippen molar-refractivity contribution in [3.63, 3.8) is 0 Å². The number of alkyl halides is 3. The highest BCUT2D eigenvalue weighted by molar-refractivity contribution is 6.31. The monoisotopic (exact) mass is 406 g/mol. The van der Waals surface area contributed by atoms with E-state index in [2.05, 4.69) is 10.3 Å². The van der Waals surface area contributed by atoms with Crippen LogP contribution in [0.3, 0.4) is 0 Å². The number of hydrogen-bond acceptors (Lipinski definition) is 3. The Balaban J connectivity index is 1.59. The minimum absolute atomic E-state index is 0.0256. The maximum atomic E-state index is 12.9. The lowest BCUT2D eigenvalue weighted by molar-refractivity contribution is -0.137. The second-order valence-electron chi connectivity index (χ2n) is 5.83. The molecule has 1 N–H and O–H groups in total. The molecule has 0 saturated carbocycles. The van der Waals surface area contributed by atoms with Gasteiger partial charge in [0.1, 0.15) is 6.61 Å². The van der Waals surface area contributed by atoms with Gasteiger partial charge in [-0.1, -0.05) is 35.9 Å². The molecule has 8 heteroatoms. The minimum atomic E-state index is -4.62. The van der Waals surface area contributed by atoms with E-state index in [0.29, 0.717) is 0 Å². The highest BCUT2D eigenvalue weighted by Crippen LogP contribution is 2.36. The van der Waals surface area contributed by atoms with Crippen LogP contribution in [0.5, 0.6) is 0 Å². The fourth-order valence-corrected chi connectivity index (χ4v) is 2.69. The van der Waals surface area contributed by atoms with Gasteiger partial charge in [0.05, 0.1) is 10.6 Å². The molecule has 0 aliphatic heterocycles. The highest BCUT2D eigenvalue weighted by Gasteiger charge is 2.33. The van der Waals surface area contributed by atoms with Gasteiger partial charge in [0, 0.05) is 18.1 Å². The van der Waals surface area contributed by atoms with Gasteiger partial charge >= 0.3 is 12.3 Å². The van der Waals surface area contributed by atoms with Crippen LogP contribution in [0.4, 0.5) is 23.7 Å². The van der Waals surface area contributed by atoms with E-state index in [1.807, 2.05) is 24.3 Å². The molecule has 0 atom stereocenters. The number of aromatic nitrogens is 1. The molecule has 0 bridgehead atoms. The maximum Gasteiger partial charge on any atom is 0.417 e. The molecule has 0 radical (unpaired) electrons. The van der Waals surface area contributed by atoms with E-state index in [1.54, 1.807) is 24.5 Å². The molecule has 0 aliphatic rings. The van der Waals surface area contributed by atoms with Crippen LogP contribution in [0.25, 0.3) is 11.1 Å². The summed E-state index contributed by atoms with van der Waals surface area (Å²) in [5.41, 5.74) is 1.63. The summed E-state index contributed by atoms with van der Waals surface area (Å²) in [6.45, 7) is -0.0256. The van der Waals surface area contributed by atoms with Crippen LogP contribution in [0.15, 0.2) is 67.0 Å². The minimum Gasteiger partial charge on any atom is -0.444 e. The first-order chi connectivity index (χ1) is 13.3. The molecule has 4 nitrogen and oxygen atoms in total. The second-order valence-corrected chi connectivity index (χ2v) is 6.23. The molecule has 0 spiro atoms. The summed E-state index contributed by atoms with van der Waals surface area (Å²) in [6.07, 6.45) is -2.10. The van der Waals surface area contributed by atoms with Gasteiger partial charge in [0.2, 0.25) is 0 Å². The molecule has 1 amide bonds. The highest BCUT2D eigenvalue weighted by atomic mass is 35.5. The van der Waals surface area contributed by atoms with E-state index in [9.17, 15) is 18.0 Å². The van der Waals surface area contributed by atoms with Crippen LogP contribution in [-0.2, 0) is 17.5 Å². The third-order valence-corrected chi connectivity index (χ3v) is 4.19. The topological polar surface area (TPSA) is 51.2 Å². The fraction of sp³-hybridized carbons (Fsp3) is 0.100. The summed E-state index contributed by atoms with van der Waals surface area (Å²) in [6, 6.07) is 14.2. The van der Waals surface area contributed by atoms with E-state index in [-0.39, 0.29) is 12.3 Å². The first kappa shape index (κ1) is 19.7. The number of anilines is 1. The normalized spacial score (nSPS) is 11.1. The van der Waals surface area contributed by atoms with Gasteiger partial charge < -0.3 is 4.74 Å². The van der Waals surface area contributed by atoms with E-state index < -0.39 is 22.9 Å². The number of pyridine rings is 1. The van der Waals surface area contributed by atoms with Crippen molar-refractivity contribution in [2.45, 2.75) is 12.8 Å². The molecule has 2 aromatic carbocycles. The Morgan fingerprint density at radius 1 is 1.00 bits per heavy atom. The lowest BCUT2D eigenvalue weighted by Crippen LogP contribution is -2.14. The summed E-state index contributed by atoms with van der Waals surface area (Å²) < 4.78 is 43.6. The Labute approximate surface area is 163 Å². The van der Waals surface area contributed by atoms with Gasteiger partial charge in [0.15, 0.2) is 0 Å². The molecule has 28 heavy (non-hydrogen) atoms. The number of ether oxygens (including phenoxy) is 1. The van der Waals surface area contributed by atoms with Gasteiger partial charge in [-0.05, 0) is 47.0 Å². The molecule has 1 heterocycles. The molecular weight excluding hydrogens is 393 g/mol. The van der Waals surface area contributed by atoms with Crippen LogP contribution in [0, 0.1) is 0 Å². The zero-order valence-electron chi connectivity index (χ0n) is 14.3. The maximum absolute atomic E-state index is 12.9. The average Bonchev–Trinajstić information content (AvgIpc) is 2.68. The molecule has 0 unspecified atom stereocenters. The Kier molecular flexibility index (Phi) is 5.84. The largest absolute Gasteiger partial charge is 0.444 e. The number of nitrogens with zero attached hydrogens (tertiary/aromatic N) is 1. The lowest BCUT2D eigenvalue weighted by Gasteiger charge is -2.12. The third-order valence-electron chi connectivity index (χ3n) is 3.86. The van der Waals surface area contributed by atoms with Crippen molar-refractivity contribution < 1.29 is 22.7 Å². The van der Waals surface area contributed by atoms with Crippen LogP contribution in [0.2, 0.25) is 5.02 Å². The zero-order valence-corrected chi connectivity index (χ0v) is 15.1. The predicted octanol–water partition coefficient (Wildman–Crippen LogP) is 6.17. The second kappa shape index (κ2) is 8.31. The first-order valence-electron chi connectivity index (χ1n) is 8.13. The molecule has 0 aliphatic carbocycles. The summed E-state index contributed by atoms with van der Waals surface area (Å²) >= 11 is 5.55. The van der Waals surface area contributed by atoms with Crippen molar-refractivity contribution in [1.29, 1.82) is 0 Å². The van der Waals surface area contributed by atoms with E-state index in [1.165, 1.54) is 6.07 Å². The molecule has 3 aromatic rings. The van der Waals surface area contributed by atoms with E-state index in [4.69, 9.17) is 16.3 Å². The van der Waals surface area contributed by atoms with Gasteiger partial charge in [-0.25, -0.2) is 4.79 Å². The summed E-state index contributed by atoms with van der Waals surface area (Å²) in [7, 11) is 0. The van der Waals surface area contributed by atoms with Gasteiger partial charge in [-0.3, -0.25) is 10.3 Å². The number of carbonyl (C=O) groups is 1. The Bertz CT molecular complexity index is 961. The molecule has 144 valence electrons. The quantitative estimate of drug-likeness (QED) is 0.563. The average molecular weight is 407 g/mol. The molecular formula is C20H14ClF3N2O2. The number of hydrogen-bond donors (Lipinski definition) is 1. The Morgan fingerprint density at radius 2 is 1.64 bits per heavy atom. The van der Waals surface area contributed by atoms with Crippen LogP contribution in [-0.4, -0.2) is 11.1 Å². The molecule has 0 saturated heterocycles. The van der Waals surface area contributed by atoms with Crippen LogP contribution in [0.1, 0.15) is 11.1 Å². The van der Waals surface area contributed by atoms with Gasteiger partial charge in [-0.2, -0.15) is 13.2 Å². The Morgan fingerprint density at radius 3 is 2.29 bits per heavy atom. The zero-order chi connectivity index (χ0) is 20.1. The van der Waals surface area contributed by atoms with Crippen molar-refractivity contribution in [2.24, 2.45) is 0 Å². The molecule has 0 fully saturated rings. The summed E-state index contributed by atoms with van der Waals surface area (Å²) in [5, 5.41) is 1.82. The van der Waals surface area contributed by atoms with E-state index in [0.717, 1.165) is 28.8 Å². The van der Waals surface area contributed by atoms with Crippen LogP contribution < -0.4 is 5.32 Å². The molecule has 1 aromatic heterocycles. The smallest absolute Gasteiger partial charge is 0.417 e. The van der Waals surface area contributed by atoms with Gasteiger partial charge in [-0.15, -0.1) is 0 Å². The van der Waals surface area contributed by atoms with Gasteiger partial charge in [0.25, 0.3) is 0 Å². The molecule has 3 rings (SSSR count). The number of halogens is 4. The lowest BCUT2D eigenvalue weighted by atomic mass is 10.1. The predicted molar refractivity (Wildman–Crippen MR) is 99.9 cm³/mol. The number of benzene rings is 2. The number of amides is 1. The first-order valence-corrected chi connectivity index (χ1v) is 8.50. The van der Waals surface area contributed by atoms with Crippen molar-refractivity contribution >= 4 is 23.4 Å². The summed E-state index contributed by atoms with van der Waals surface area (Å²) in [5.74, 6) is 0. The Hall–Kier alpha value is -3.06. The summed E-state index contributed by atoms with van der Waals surface area (Å²) in [4.78, 5) is 15.8. The van der Waals surface area contributed by atoms with Crippen molar-refractivity contribution in [1.82, 2.24) is 4.98 Å². The standard InChI is InChI=1S/C20H14ClF3N2O2/c21-18-6-5-16(11-17(18)20(22,23)24)26-19(27)28-12-13-1-3-14(4-2-13)15-7-9-25-10-8-15/h1-11H,12H2,(H,26,27). The fourth-order valence-electron chi connectivity index (χ4n) is 2.46. The van der Waals surface area contributed by atoms with Crippen molar-refractivity contribution in [2.75, 3.05) is 5.32 Å². The van der Waals surface area contributed by atoms with Crippen LogP contribution >= 0.6 is 11.6 Å². The number of rotatable bonds is 4. The number of nitrogens with one attached hydrogen (secondary N) is 1. The van der Waals surface area contributed by atoms with E-state index >= 15 is 0 Å². The third kappa shape index (κ3) is 5.01. The van der Waals surface area contributed by atoms with Crippen molar-refractivity contribution in [3.05, 3.63) is 83.1 Å². The number of carbonyl (C=O) groups excluding carboxylic acids is 1. The SMILES string of the molecule is O=C(Nc1ccc(Cl)c(C(F)(F)F)c1)OCc1ccc(-c2ccncc2)cc1. The van der Waals surface area contributed by atoms with Crippen molar-refractivity contribution in [3.8, 4) is 11.1 Å².